The van der Waals surface area contributed by atoms with Crippen LogP contribution in [0.25, 0.3) is 0 Å². The second-order valence-electron chi connectivity index (χ2n) is 4.53. The van der Waals surface area contributed by atoms with Crippen molar-refractivity contribution < 1.29 is 19.8 Å². The van der Waals surface area contributed by atoms with E-state index in [4.69, 9.17) is 10.2 Å². The lowest BCUT2D eigenvalue weighted by Crippen LogP contribution is -2.15. The molecule has 0 aromatic rings. The Labute approximate surface area is 109 Å². The van der Waals surface area contributed by atoms with Gasteiger partial charge in [-0.15, -0.1) is 0 Å². The molecular formula is C14H24O4. The first-order chi connectivity index (χ1) is 8.57. The Kier molecular flexibility index (Phi) is 10.0. The summed E-state index contributed by atoms with van der Waals surface area (Å²) in [5.74, 6) is -3.05. The van der Waals surface area contributed by atoms with Gasteiger partial charge >= 0.3 is 11.9 Å². The Morgan fingerprint density at radius 2 is 1.67 bits per heavy atom. The molecule has 0 aliphatic heterocycles. The molecule has 0 spiro atoms. The second-order valence-corrected chi connectivity index (χ2v) is 4.53. The first kappa shape index (κ1) is 16.7. The SMILES string of the molecule is CCCCCCCC/C=C/C(CC(=O)O)C(=O)O. The van der Waals surface area contributed by atoms with Gasteiger partial charge in [0.05, 0.1) is 12.3 Å². The number of hydrogen-bond donors (Lipinski definition) is 2. The van der Waals surface area contributed by atoms with Crippen LogP contribution in [-0.2, 0) is 9.59 Å². The van der Waals surface area contributed by atoms with Gasteiger partial charge in [0.2, 0.25) is 0 Å². The van der Waals surface area contributed by atoms with Crippen molar-refractivity contribution in [1.82, 2.24) is 0 Å². The summed E-state index contributed by atoms with van der Waals surface area (Å²) in [6, 6.07) is 0. The fourth-order valence-electron chi connectivity index (χ4n) is 1.73. The molecule has 0 amide bonds. The number of carbonyl (C=O) groups is 2. The molecule has 0 saturated heterocycles. The van der Waals surface area contributed by atoms with Crippen LogP contribution >= 0.6 is 0 Å². The van der Waals surface area contributed by atoms with Crippen LogP contribution in [0.1, 0.15) is 58.3 Å². The van der Waals surface area contributed by atoms with Gasteiger partial charge in [-0.2, -0.15) is 0 Å². The van der Waals surface area contributed by atoms with Crippen LogP contribution in [0.3, 0.4) is 0 Å². The van der Waals surface area contributed by atoms with Crippen molar-refractivity contribution in [3.8, 4) is 0 Å². The van der Waals surface area contributed by atoms with Gasteiger partial charge in [0.15, 0.2) is 0 Å². The molecular weight excluding hydrogens is 232 g/mol. The lowest BCUT2D eigenvalue weighted by Gasteiger charge is -2.03. The van der Waals surface area contributed by atoms with Gasteiger partial charge in [0, 0.05) is 0 Å². The molecule has 4 nitrogen and oxygen atoms in total. The second kappa shape index (κ2) is 10.8. The molecule has 104 valence electrons. The van der Waals surface area contributed by atoms with Crippen molar-refractivity contribution in [3.05, 3.63) is 12.2 Å². The van der Waals surface area contributed by atoms with E-state index in [-0.39, 0.29) is 6.42 Å². The highest BCUT2D eigenvalue weighted by atomic mass is 16.4. The van der Waals surface area contributed by atoms with E-state index in [0.29, 0.717) is 0 Å². The standard InChI is InChI=1S/C14H24O4/c1-2-3-4-5-6-7-8-9-10-12(14(17)18)11-13(15)16/h9-10,12H,2-8,11H2,1H3,(H,15,16)(H,17,18)/b10-9+. The van der Waals surface area contributed by atoms with Crippen molar-refractivity contribution in [2.75, 3.05) is 0 Å². The normalized spacial score (nSPS) is 12.7. The zero-order chi connectivity index (χ0) is 13.8. The summed E-state index contributed by atoms with van der Waals surface area (Å²) in [4.78, 5) is 21.2. The van der Waals surface area contributed by atoms with Crippen molar-refractivity contribution in [2.45, 2.75) is 58.3 Å². The van der Waals surface area contributed by atoms with Gasteiger partial charge in [-0.05, 0) is 12.8 Å². The zero-order valence-corrected chi connectivity index (χ0v) is 11.1. The summed E-state index contributed by atoms with van der Waals surface area (Å²) in [5.41, 5.74) is 0. The molecule has 0 fully saturated rings. The summed E-state index contributed by atoms with van der Waals surface area (Å²) in [5, 5.41) is 17.4. The Morgan fingerprint density at radius 1 is 1.06 bits per heavy atom. The third-order valence-corrected chi connectivity index (χ3v) is 2.80. The monoisotopic (exact) mass is 256 g/mol. The lowest BCUT2D eigenvalue weighted by molar-refractivity contribution is -0.146. The van der Waals surface area contributed by atoms with Crippen LogP contribution in [0.15, 0.2) is 12.2 Å². The van der Waals surface area contributed by atoms with E-state index in [1.54, 1.807) is 6.08 Å². The number of rotatable bonds is 11. The van der Waals surface area contributed by atoms with Gasteiger partial charge in [0.1, 0.15) is 0 Å². The molecule has 0 aliphatic rings. The number of carboxylic acid groups (broad SMARTS) is 2. The highest BCUT2D eigenvalue weighted by molar-refractivity contribution is 5.79. The average molecular weight is 256 g/mol. The van der Waals surface area contributed by atoms with Gasteiger partial charge in [-0.1, -0.05) is 51.2 Å². The van der Waals surface area contributed by atoms with Gasteiger partial charge in [-0.25, -0.2) is 0 Å². The maximum atomic E-state index is 10.8. The van der Waals surface area contributed by atoms with E-state index >= 15 is 0 Å². The van der Waals surface area contributed by atoms with Crippen LogP contribution < -0.4 is 0 Å². The minimum Gasteiger partial charge on any atom is -0.481 e. The summed E-state index contributed by atoms with van der Waals surface area (Å²) in [6.07, 6.45) is 11.0. The summed E-state index contributed by atoms with van der Waals surface area (Å²) >= 11 is 0. The minimum atomic E-state index is -1.08. The molecule has 0 aromatic heterocycles. The van der Waals surface area contributed by atoms with Crippen molar-refractivity contribution in [3.63, 3.8) is 0 Å². The Morgan fingerprint density at radius 3 is 2.22 bits per heavy atom. The van der Waals surface area contributed by atoms with E-state index in [9.17, 15) is 9.59 Å². The third kappa shape index (κ3) is 9.87. The molecule has 0 bridgehead atoms. The highest BCUT2D eigenvalue weighted by Crippen LogP contribution is 2.10. The number of aliphatic carboxylic acids is 2. The van der Waals surface area contributed by atoms with Gasteiger partial charge < -0.3 is 10.2 Å². The fourth-order valence-corrected chi connectivity index (χ4v) is 1.73. The van der Waals surface area contributed by atoms with Crippen LogP contribution in [-0.4, -0.2) is 22.2 Å². The largest absolute Gasteiger partial charge is 0.481 e. The van der Waals surface area contributed by atoms with Crippen molar-refractivity contribution in [1.29, 1.82) is 0 Å². The number of carboxylic acids is 2. The van der Waals surface area contributed by atoms with Crippen LogP contribution in [0.5, 0.6) is 0 Å². The van der Waals surface area contributed by atoms with E-state index in [1.165, 1.54) is 31.8 Å². The van der Waals surface area contributed by atoms with Crippen LogP contribution in [0.2, 0.25) is 0 Å². The molecule has 0 rings (SSSR count). The number of unbranched alkanes of at least 4 members (excludes halogenated alkanes) is 6. The van der Waals surface area contributed by atoms with Crippen LogP contribution in [0.4, 0.5) is 0 Å². The van der Waals surface area contributed by atoms with E-state index in [1.807, 2.05) is 0 Å². The topological polar surface area (TPSA) is 74.6 Å². The van der Waals surface area contributed by atoms with Crippen LogP contribution in [0, 0.1) is 5.92 Å². The summed E-state index contributed by atoms with van der Waals surface area (Å²) < 4.78 is 0. The Balaban J connectivity index is 3.70. The maximum Gasteiger partial charge on any atom is 0.310 e. The molecule has 0 aromatic carbocycles. The lowest BCUT2D eigenvalue weighted by atomic mass is 10.0. The Hall–Kier alpha value is -1.32. The van der Waals surface area contributed by atoms with Gasteiger partial charge in [-0.3, -0.25) is 9.59 Å². The zero-order valence-electron chi connectivity index (χ0n) is 11.1. The maximum absolute atomic E-state index is 10.8. The third-order valence-electron chi connectivity index (χ3n) is 2.80. The number of hydrogen-bond acceptors (Lipinski definition) is 2. The predicted octanol–water partition coefficient (Wildman–Crippen LogP) is 3.47. The summed E-state index contributed by atoms with van der Waals surface area (Å²) in [6.45, 7) is 2.18. The average Bonchev–Trinajstić information content (AvgIpc) is 2.30. The first-order valence-corrected chi connectivity index (χ1v) is 6.69. The molecule has 2 N–H and O–H groups in total. The molecule has 1 unspecified atom stereocenters. The predicted molar refractivity (Wildman–Crippen MR) is 70.5 cm³/mol. The van der Waals surface area contributed by atoms with E-state index in [0.717, 1.165) is 19.3 Å². The van der Waals surface area contributed by atoms with E-state index in [2.05, 4.69) is 6.92 Å². The first-order valence-electron chi connectivity index (χ1n) is 6.69. The molecule has 0 aliphatic carbocycles. The summed E-state index contributed by atoms with van der Waals surface area (Å²) in [7, 11) is 0. The quantitative estimate of drug-likeness (QED) is 0.438. The molecule has 0 saturated carbocycles. The molecule has 0 heterocycles. The molecule has 1 atom stereocenters. The molecule has 4 heteroatoms. The van der Waals surface area contributed by atoms with Crippen molar-refractivity contribution >= 4 is 11.9 Å². The smallest absolute Gasteiger partial charge is 0.310 e. The van der Waals surface area contributed by atoms with Crippen molar-refractivity contribution in [2.24, 2.45) is 5.92 Å². The molecule has 18 heavy (non-hydrogen) atoms. The Bertz CT molecular complexity index is 271. The fraction of sp³-hybridized carbons (Fsp3) is 0.714. The highest BCUT2D eigenvalue weighted by Gasteiger charge is 2.17. The minimum absolute atomic E-state index is 0.345. The van der Waals surface area contributed by atoms with Gasteiger partial charge in [0.25, 0.3) is 0 Å². The number of allylic oxidation sites excluding steroid dienone is 1. The van der Waals surface area contributed by atoms with E-state index < -0.39 is 17.9 Å². The molecule has 0 radical (unpaired) electrons.